The Kier molecular flexibility index (Phi) is 4.67. The van der Waals surface area contributed by atoms with Gasteiger partial charge in [-0.2, -0.15) is 0 Å². The molecule has 0 aromatic heterocycles. The smallest absolute Gasteiger partial charge is 0.00139 e. The summed E-state index contributed by atoms with van der Waals surface area (Å²) in [6.07, 6.45) is 0. The third-order valence-corrected chi connectivity index (χ3v) is 9.98. The van der Waals surface area contributed by atoms with Gasteiger partial charge in [-0.25, -0.2) is 0 Å². The number of hydrogen-bond donors (Lipinski definition) is 0. The van der Waals surface area contributed by atoms with Crippen LogP contribution in [0.15, 0.2) is 133 Å². The van der Waals surface area contributed by atoms with E-state index in [2.05, 4.69) is 147 Å². The molecule has 0 spiro atoms. The van der Waals surface area contributed by atoms with E-state index in [1.165, 1.54) is 109 Å². The second-order valence-electron chi connectivity index (χ2n) is 12.6. The van der Waals surface area contributed by atoms with Gasteiger partial charge in [0.15, 0.2) is 0 Å². The normalized spacial score (nSPS) is 12.3. The van der Waals surface area contributed by atoms with Gasteiger partial charge in [0.2, 0.25) is 0 Å². The zero-order valence-corrected chi connectivity index (χ0v) is 24.7. The third kappa shape index (κ3) is 3.12. The van der Waals surface area contributed by atoms with Crippen molar-refractivity contribution in [3.8, 4) is 44.5 Å². The molecule has 1 aliphatic rings. The molecule has 0 heteroatoms. The van der Waals surface area contributed by atoms with Crippen LogP contribution in [0.4, 0.5) is 0 Å². The largest absolute Gasteiger partial charge is 0.0622 e. The van der Waals surface area contributed by atoms with Gasteiger partial charge in [0.05, 0.1) is 0 Å². The van der Waals surface area contributed by atoms with E-state index in [1.54, 1.807) is 0 Å². The minimum Gasteiger partial charge on any atom is -0.0622 e. The average molecular weight is 557 g/mol. The predicted octanol–water partition coefficient (Wildman–Crippen LogP) is 12.5. The molecule has 0 nitrogen and oxygen atoms in total. The number of aryl methyl sites for hydroxylation is 2. The monoisotopic (exact) mass is 556 g/mol. The van der Waals surface area contributed by atoms with Gasteiger partial charge >= 0.3 is 0 Å². The number of hydrogen-bond acceptors (Lipinski definition) is 0. The highest BCUT2D eigenvalue weighted by molar-refractivity contribution is 6.37. The van der Waals surface area contributed by atoms with E-state index in [0.29, 0.717) is 0 Å². The van der Waals surface area contributed by atoms with Crippen molar-refractivity contribution >= 4 is 53.9 Å². The van der Waals surface area contributed by atoms with Crippen LogP contribution < -0.4 is 0 Å². The Morgan fingerprint density at radius 3 is 1.18 bits per heavy atom. The molecule has 10 rings (SSSR count). The van der Waals surface area contributed by atoms with E-state index < -0.39 is 0 Å². The van der Waals surface area contributed by atoms with Crippen molar-refractivity contribution < 1.29 is 0 Å². The van der Waals surface area contributed by atoms with Crippen LogP contribution in [0.2, 0.25) is 0 Å². The van der Waals surface area contributed by atoms with Crippen molar-refractivity contribution in [2.75, 3.05) is 0 Å². The number of benzene rings is 9. The van der Waals surface area contributed by atoms with Crippen LogP contribution in [0.1, 0.15) is 11.1 Å². The molecular formula is C44H28. The summed E-state index contributed by atoms with van der Waals surface area (Å²) in [6, 6.07) is 50.3. The highest BCUT2D eigenvalue weighted by Crippen LogP contribution is 2.53. The van der Waals surface area contributed by atoms with Gasteiger partial charge in [-0.1, -0.05) is 121 Å². The minimum absolute atomic E-state index is 1.26. The lowest BCUT2D eigenvalue weighted by atomic mass is 9.83. The molecule has 9 aromatic rings. The molecule has 0 saturated carbocycles. The van der Waals surface area contributed by atoms with Crippen LogP contribution in [0.3, 0.4) is 0 Å². The summed E-state index contributed by atoms with van der Waals surface area (Å²) in [5, 5.41) is 13.4. The van der Waals surface area contributed by atoms with E-state index in [4.69, 9.17) is 0 Å². The van der Waals surface area contributed by atoms with Crippen molar-refractivity contribution in [3.05, 3.63) is 145 Å². The maximum Gasteiger partial charge on any atom is -0.00139 e. The maximum absolute atomic E-state index is 2.50. The quantitative estimate of drug-likeness (QED) is 0.147. The number of rotatable bonds is 2. The van der Waals surface area contributed by atoms with E-state index in [0.717, 1.165) is 0 Å². The summed E-state index contributed by atoms with van der Waals surface area (Å²) in [4.78, 5) is 0. The highest BCUT2D eigenvalue weighted by atomic mass is 14.3. The highest BCUT2D eigenvalue weighted by Gasteiger charge is 2.25. The van der Waals surface area contributed by atoms with Crippen LogP contribution in [-0.2, 0) is 0 Å². The van der Waals surface area contributed by atoms with Crippen molar-refractivity contribution in [1.29, 1.82) is 0 Å². The minimum atomic E-state index is 1.26. The molecule has 0 amide bonds. The fourth-order valence-corrected chi connectivity index (χ4v) is 8.21. The summed E-state index contributed by atoms with van der Waals surface area (Å²) in [6.45, 7) is 4.45. The van der Waals surface area contributed by atoms with Gasteiger partial charge in [0.1, 0.15) is 0 Å². The second-order valence-corrected chi connectivity index (χ2v) is 12.6. The molecule has 0 unspecified atom stereocenters. The first-order valence-corrected chi connectivity index (χ1v) is 15.5. The van der Waals surface area contributed by atoms with Crippen LogP contribution >= 0.6 is 0 Å². The Balaban J connectivity index is 1.40. The van der Waals surface area contributed by atoms with Crippen molar-refractivity contribution in [2.45, 2.75) is 13.8 Å². The number of fused-ring (bicyclic) bond motifs is 6. The Labute approximate surface area is 256 Å². The molecule has 44 heavy (non-hydrogen) atoms. The zero-order valence-electron chi connectivity index (χ0n) is 24.7. The van der Waals surface area contributed by atoms with E-state index in [1.807, 2.05) is 0 Å². The maximum atomic E-state index is 2.50. The Hall–Kier alpha value is -5.46. The summed E-state index contributed by atoms with van der Waals surface area (Å²) in [7, 11) is 0. The molecule has 0 N–H and O–H groups in total. The molecule has 0 fully saturated rings. The summed E-state index contributed by atoms with van der Waals surface area (Å²) < 4.78 is 0. The van der Waals surface area contributed by atoms with Gasteiger partial charge in [-0.3, -0.25) is 0 Å². The van der Waals surface area contributed by atoms with Crippen molar-refractivity contribution in [2.24, 2.45) is 0 Å². The summed E-state index contributed by atoms with van der Waals surface area (Å²) >= 11 is 0. The van der Waals surface area contributed by atoms with Crippen LogP contribution in [0.5, 0.6) is 0 Å². The fraction of sp³-hybridized carbons (Fsp3) is 0.0455. The lowest BCUT2D eigenvalue weighted by Gasteiger charge is -2.20. The molecule has 0 saturated heterocycles. The van der Waals surface area contributed by atoms with Crippen LogP contribution in [0.25, 0.3) is 98.4 Å². The molecule has 0 bridgehead atoms. The van der Waals surface area contributed by atoms with Gasteiger partial charge in [0.25, 0.3) is 0 Å². The van der Waals surface area contributed by atoms with Gasteiger partial charge in [-0.05, 0) is 135 Å². The standard InChI is InChI=1S/C44H28/c1-25-19-29-20-26(2)22-41-39-24-37-35-16-14-31(28-11-7-4-8-12-28)33-18-17-32-30(27-9-5-3-6-10-27)13-15-34(43(32)44(33)35)36(37)23-38(39)40(21-25)42(29)41/h3-24H,1-2H3. The Morgan fingerprint density at radius 2 is 0.727 bits per heavy atom. The lowest BCUT2D eigenvalue weighted by molar-refractivity contribution is 1.48. The first-order valence-electron chi connectivity index (χ1n) is 15.5. The Bertz CT molecular complexity index is 2460. The summed E-state index contributed by atoms with van der Waals surface area (Å²) in [5.41, 5.74) is 13.2. The molecule has 0 aliphatic heterocycles. The molecule has 204 valence electrons. The van der Waals surface area contributed by atoms with E-state index in [9.17, 15) is 0 Å². The van der Waals surface area contributed by atoms with E-state index >= 15 is 0 Å². The molecule has 0 heterocycles. The molecule has 9 aromatic carbocycles. The average Bonchev–Trinajstić information content (AvgIpc) is 3.35. The van der Waals surface area contributed by atoms with Crippen LogP contribution in [-0.4, -0.2) is 0 Å². The SMILES string of the molecule is Cc1cc2c3c(cc(C)cc3c1)-c1cc3c(cc1-2)c1ccc(-c2ccccc2)c2ccc4c(-c5ccccc5)ccc3c4c21. The topological polar surface area (TPSA) is 0 Å². The lowest BCUT2D eigenvalue weighted by Crippen LogP contribution is -1.92. The van der Waals surface area contributed by atoms with Crippen molar-refractivity contribution in [3.63, 3.8) is 0 Å². The van der Waals surface area contributed by atoms with E-state index in [-0.39, 0.29) is 0 Å². The fourth-order valence-electron chi connectivity index (χ4n) is 8.21. The molecule has 0 radical (unpaired) electrons. The molecule has 0 atom stereocenters. The first kappa shape index (κ1) is 24.0. The predicted molar refractivity (Wildman–Crippen MR) is 190 cm³/mol. The van der Waals surface area contributed by atoms with Gasteiger partial charge < -0.3 is 0 Å². The molecule has 1 aliphatic carbocycles. The summed E-state index contributed by atoms with van der Waals surface area (Å²) in [5.74, 6) is 0. The first-order chi connectivity index (χ1) is 21.6. The van der Waals surface area contributed by atoms with Gasteiger partial charge in [-0.15, -0.1) is 0 Å². The Morgan fingerprint density at radius 1 is 0.295 bits per heavy atom. The third-order valence-electron chi connectivity index (χ3n) is 9.98. The zero-order chi connectivity index (χ0) is 29.1. The molecular weight excluding hydrogens is 528 g/mol. The van der Waals surface area contributed by atoms with Crippen molar-refractivity contribution in [1.82, 2.24) is 0 Å². The van der Waals surface area contributed by atoms with Gasteiger partial charge in [0, 0.05) is 0 Å². The van der Waals surface area contributed by atoms with Crippen LogP contribution in [0, 0.1) is 13.8 Å². The second kappa shape index (κ2) is 8.56.